The molecule has 29 nitrogen and oxygen atoms in total. The van der Waals surface area contributed by atoms with Crippen LogP contribution < -0.4 is 10.4 Å². The van der Waals surface area contributed by atoms with Gasteiger partial charge in [-0.1, -0.05) is 74.5 Å². The van der Waals surface area contributed by atoms with E-state index in [0.29, 0.717) is 0 Å². The second kappa shape index (κ2) is 60.5. The molecule has 0 amide bonds. The molecule has 0 aromatic heterocycles. The molecule has 2 spiro atoms. The summed E-state index contributed by atoms with van der Waals surface area (Å²) in [6.45, 7) is 41.4. The Bertz CT molecular complexity index is 1940. The minimum absolute atomic E-state index is 0. The van der Waals surface area contributed by atoms with Gasteiger partial charge in [0.1, 0.15) is 0 Å². The molecular formula is C47H128O29Si13Zr5. The SMILES string of the molecule is CO.CO.CO.CO.CO.CO.CO.CO.CO[Si]1(O)O[Si]23O[Si]4(O2)O[Si](OC)(O[Si](C)(C)C)[C@H](C)[C@@H]4[C@@H]3[C@@H]1C.C[Si](C)(C)O.C[Si](C)(C)O[Si](C)(C)O[Si](C)(O)O[Si](C)(C)C.C[Si](C)(O)O[Si](C)(C)O[Si](O)(c1ccccc1)c1ccccc1.O.O.O.O.[Zr].[Zr].[Zr].[Zr].[Zr]. The summed E-state index contributed by atoms with van der Waals surface area (Å²) < 4.78 is 72.3. The molecule has 2 bridgehead atoms. The smallest absolute Gasteiger partial charge is 0.437 e. The third-order valence-corrected chi connectivity index (χ3v) is 52.7. The average molecular weight is 1980 g/mol. The molecular weight excluding hydrogens is 1850 g/mol. The van der Waals surface area contributed by atoms with Crippen molar-refractivity contribution in [3.8, 4) is 0 Å². The molecule has 0 radical (unpaired) electrons. The third kappa shape index (κ3) is 48.7. The van der Waals surface area contributed by atoms with Gasteiger partial charge in [0.2, 0.25) is 0 Å². The predicted octanol–water partition coefficient (Wildman–Crippen LogP) is 0.524. The molecule has 5 fully saturated rings. The van der Waals surface area contributed by atoms with Gasteiger partial charge >= 0.3 is 78.3 Å². The fourth-order valence-corrected chi connectivity index (χ4v) is 62.9. The van der Waals surface area contributed by atoms with E-state index in [1.807, 2.05) is 133 Å². The van der Waals surface area contributed by atoms with E-state index in [0.717, 1.165) is 67.3 Å². The molecule has 5 aliphatic heterocycles. The van der Waals surface area contributed by atoms with E-state index in [4.69, 9.17) is 95.7 Å². The minimum atomic E-state index is -3.39. The molecule has 2 aromatic carbocycles. The molecule has 562 valence electrons. The number of aliphatic hydroxyl groups excluding tert-OH is 8. The van der Waals surface area contributed by atoms with Crippen LogP contribution in [0.4, 0.5) is 0 Å². The summed E-state index contributed by atoms with van der Waals surface area (Å²) in [6.07, 6.45) is 0. The van der Waals surface area contributed by atoms with Crippen LogP contribution in [0.25, 0.3) is 0 Å². The van der Waals surface area contributed by atoms with Crippen molar-refractivity contribution in [2.75, 3.05) is 71.1 Å². The second-order valence-electron chi connectivity index (χ2n) is 23.5. The number of aliphatic hydroxyl groups is 8. The van der Waals surface area contributed by atoms with Crippen molar-refractivity contribution >= 4 is 122 Å². The molecule has 5 aliphatic rings. The van der Waals surface area contributed by atoms with Crippen molar-refractivity contribution in [2.45, 2.75) is 160 Å². The van der Waals surface area contributed by atoms with E-state index in [1.54, 1.807) is 26.8 Å². The Balaban J connectivity index is -0.0000000646. The molecule has 7 rings (SSSR count). The zero-order valence-electron chi connectivity index (χ0n) is 61.8. The molecule has 3 unspecified atom stereocenters. The monoisotopic (exact) mass is 1970 g/mol. The predicted molar refractivity (Wildman–Crippen MR) is 380 cm³/mol. The molecule has 7 atom stereocenters. The van der Waals surface area contributed by atoms with Crippen LogP contribution in [0, 0.1) is 0 Å². The van der Waals surface area contributed by atoms with Crippen LogP contribution in [0.5, 0.6) is 0 Å². The van der Waals surface area contributed by atoms with Crippen LogP contribution in [0.3, 0.4) is 0 Å². The summed E-state index contributed by atoms with van der Waals surface area (Å²) in [5, 5.41) is 57.5. The Hall–Kier alpha value is 4.52. The molecule has 5 saturated heterocycles. The molecule has 2 aromatic rings. The van der Waals surface area contributed by atoms with Gasteiger partial charge in [-0.2, -0.15) is 0 Å². The fourth-order valence-electron chi connectivity index (χ4n) is 9.04. The average Bonchev–Trinajstić information content (AvgIpc) is 3.97. The normalized spacial score (nSPS) is 22.6. The van der Waals surface area contributed by atoms with Crippen molar-refractivity contribution in [3.63, 3.8) is 0 Å². The Morgan fingerprint density at radius 3 is 0.926 bits per heavy atom. The van der Waals surface area contributed by atoms with Gasteiger partial charge in [0.15, 0.2) is 33.3 Å². The molecule has 0 saturated carbocycles. The summed E-state index contributed by atoms with van der Waals surface area (Å²) in [4.78, 5) is 51.3. The van der Waals surface area contributed by atoms with Gasteiger partial charge in [0.25, 0.3) is 0 Å². The van der Waals surface area contributed by atoms with Gasteiger partial charge in [0, 0.05) is 231 Å². The van der Waals surface area contributed by atoms with Crippen LogP contribution in [0.2, 0.25) is 147 Å². The van der Waals surface area contributed by atoms with Gasteiger partial charge in [0.05, 0.1) is 0 Å². The van der Waals surface area contributed by atoms with E-state index in [2.05, 4.69) is 46.2 Å². The largest absolute Gasteiger partial charge is 0.493 e. The van der Waals surface area contributed by atoms with Crippen molar-refractivity contribution in [1.82, 2.24) is 0 Å². The third-order valence-electron chi connectivity index (χ3n) is 10.3. The van der Waals surface area contributed by atoms with Crippen LogP contribution >= 0.6 is 0 Å². The molecule has 0 aliphatic carbocycles. The zero-order valence-corrected chi connectivity index (χ0v) is 87.1. The topological polar surface area (TPSA) is 500 Å². The molecule has 5 heterocycles. The van der Waals surface area contributed by atoms with Crippen LogP contribution in [0.15, 0.2) is 60.7 Å². The fraction of sp³-hybridized carbons (Fsp3) is 0.745. The number of hydrogen-bond acceptors (Lipinski definition) is 25. The Morgan fingerprint density at radius 2 is 0.660 bits per heavy atom. The van der Waals surface area contributed by atoms with Gasteiger partial charge in [-0.05, 0) is 128 Å². The van der Waals surface area contributed by atoms with E-state index in [9.17, 15) is 19.2 Å². The van der Waals surface area contributed by atoms with E-state index in [1.165, 1.54) is 7.11 Å². The van der Waals surface area contributed by atoms with Crippen LogP contribution in [-0.2, 0) is 181 Å². The van der Waals surface area contributed by atoms with E-state index < -0.39 is 112 Å². The zero-order chi connectivity index (χ0) is 69.5. The van der Waals surface area contributed by atoms with Crippen LogP contribution in [0.1, 0.15) is 13.8 Å². The summed E-state index contributed by atoms with van der Waals surface area (Å²) in [5.41, 5.74) is 0.0713. The van der Waals surface area contributed by atoms with Crippen molar-refractivity contribution in [3.05, 3.63) is 60.7 Å². The quantitative estimate of drug-likeness (QED) is 0.102. The summed E-state index contributed by atoms with van der Waals surface area (Å²) in [7, 11) is -21.8. The Kier molecular flexibility index (Phi) is 86.5. The minimum Gasteiger partial charge on any atom is -0.437 e. The van der Waals surface area contributed by atoms with Gasteiger partial charge in [-0.3, -0.25) is 0 Å². The second-order valence-corrected chi connectivity index (χ2v) is 70.3. The number of benzene rings is 2. The first-order valence-corrected chi connectivity index (χ1v) is 60.7. The standard InChI is InChI=1S/C16H24O4Si3.C11H26O8Si5.C9H28O4Si4.C3H10OSi.8CH4O.4H2O.5Zr/c1-21(2,17)19-22(3,4)20-23(18,15-11-7-5-8-12-15)16-13-9-6-10-14-16;1-8-10-11-9(2)22(14-4,15-20(5,6)7)17-24(11)18-23(10,19-24)16-21(8,12)13-3;1-14(2,3)11-16(7,8)13-17(9,10)12-15(4,5)6;1-5(2,3)4;8*1-2;;;;;;;;;/h5-14,17-18H,1-4H3;8-12H,1-7H3;10H,1-9H3;4H,1-3H3;8*2H,1H3;4*1H2;;;;;/t;8-,9+,10-,11+,21?,22?,23?,24?;;;;;;;;;;;;;;;;;;;/m.0.................../s1. The molecule has 21 N–H and O–H groups in total. The number of rotatable bonds is 16. The maximum atomic E-state index is 11.5. The first-order valence-electron chi connectivity index (χ1n) is 27.1. The van der Waals surface area contributed by atoms with Crippen molar-refractivity contribution in [1.29, 1.82) is 0 Å². The summed E-state index contributed by atoms with van der Waals surface area (Å²) in [5.74, 6) is 0. The van der Waals surface area contributed by atoms with Crippen molar-refractivity contribution < 1.29 is 268 Å². The first-order chi connectivity index (χ1) is 38.7. The number of hydrogen-bond donors (Lipinski definition) is 13. The van der Waals surface area contributed by atoms with Gasteiger partial charge in [-0.25, -0.2) is 0 Å². The Labute approximate surface area is 673 Å². The van der Waals surface area contributed by atoms with E-state index in [-0.39, 0.29) is 175 Å². The van der Waals surface area contributed by atoms with E-state index >= 15 is 0 Å². The van der Waals surface area contributed by atoms with Gasteiger partial charge in [-0.15, -0.1) is 0 Å². The summed E-state index contributed by atoms with van der Waals surface area (Å²) >= 11 is 0. The van der Waals surface area contributed by atoms with Gasteiger partial charge < -0.3 is 137 Å². The summed E-state index contributed by atoms with van der Waals surface area (Å²) in [6, 6.07) is 18.9. The molecule has 47 heteroatoms. The van der Waals surface area contributed by atoms with Crippen molar-refractivity contribution in [2.24, 2.45) is 0 Å². The Morgan fingerprint density at radius 1 is 0.372 bits per heavy atom. The first kappa shape index (κ1) is 134. The van der Waals surface area contributed by atoms with Crippen LogP contribution in [-0.4, -0.2) is 269 Å². The maximum absolute atomic E-state index is 11.5. The molecule has 94 heavy (non-hydrogen) atoms. The maximum Gasteiger partial charge on any atom is 0.493 e.